The molecule has 0 aliphatic carbocycles. The van der Waals surface area contributed by atoms with Gasteiger partial charge < -0.3 is 4.57 Å². The third-order valence-corrected chi connectivity index (χ3v) is 5.15. The van der Waals surface area contributed by atoms with E-state index >= 15 is 0 Å². The lowest BCUT2D eigenvalue weighted by Gasteiger charge is -2.12. The van der Waals surface area contributed by atoms with E-state index < -0.39 is 0 Å². The standard InChI is InChI=1S/C19H19ClN4O2S/c1-13(2)11-23-18(15-6-8-16(20)9-7-15)21-22-19(23)27-12-14-4-3-5-17(10-14)24(25)26/h3-10,13H,11-12H2,1-2H3. The van der Waals surface area contributed by atoms with Gasteiger partial charge in [0.25, 0.3) is 5.69 Å². The van der Waals surface area contributed by atoms with Gasteiger partial charge in [-0.1, -0.05) is 49.3 Å². The van der Waals surface area contributed by atoms with Crippen molar-refractivity contribution in [3.8, 4) is 11.4 Å². The van der Waals surface area contributed by atoms with Crippen molar-refractivity contribution in [2.24, 2.45) is 5.92 Å². The van der Waals surface area contributed by atoms with Crippen LogP contribution in [0.15, 0.2) is 53.7 Å². The van der Waals surface area contributed by atoms with Crippen LogP contribution in [0.3, 0.4) is 0 Å². The van der Waals surface area contributed by atoms with Crippen LogP contribution in [0, 0.1) is 16.0 Å². The Kier molecular flexibility index (Phi) is 6.13. The Morgan fingerprint density at radius 3 is 2.59 bits per heavy atom. The topological polar surface area (TPSA) is 73.8 Å². The SMILES string of the molecule is CC(C)Cn1c(SCc2cccc([N+](=O)[O-])c2)nnc1-c1ccc(Cl)cc1. The van der Waals surface area contributed by atoms with Crippen LogP contribution in [0.1, 0.15) is 19.4 Å². The first-order chi connectivity index (χ1) is 12.9. The second-order valence-corrected chi connectivity index (χ2v) is 7.91. The number of hydrogen-bond acceptors (Lipinski definition) is 5. The van der Waals surface area contributed by atoms with Crippen LogP contribution in [0.5, 0.6) is 0 Å². The van der Waals surface area contributed by atoms with E-state index in [2.05, 4.69) is 28.6 Å². The monoisotopic (exact) mass is 402 g/mol. The first kappa shape index (κ1) is 19.4. The lowest BCUT2D eigenvalue weighted by atomic mass is 10.2. The van der Waals surface area contributed by atoms with Gasteiger partial charge in [0.15, 0.2) is 11.0 Å². The van der Waals surface area contributed by atoms with Crippen molar-refractivity contribution < 1.29 is 4.92 Å². The molecule has 8 heteroatoms. The Labute approximate surface area is 166 Å². The van der Waals surface area contributed by atoms with E-state index in [4.69, 9.17) is 11.6 Å². The van der Waals surface area contributed by atoms with Gasteiger partial charge >= 0.3 is 0 Å². The van der Waals surface area contributed by atoms with Crippen molar-refractivity contribution in [1.29, 1.82) is 0 Å². The van der Waals surface area contributed by atoms with Gasteiger partial charge in [-0.2, -0.15) is 0 Å². The van der Waals surface area contributed by atoms with Gasteiger partial charge in [0.05, 0.1) is 4.92 Å². The van der Waals surface area contributed by atoms with Gasteiger partial charge in [-0.3, -0.25) is 10.1 Å². The average Bonchev–Trinajstić information content (AvgIpc) is 3.03. The largest absolute Gasteiger partial charge is 0.302 e. The number of non-ortho nitro benzene ring substituents is 1. The number of thioether (sulfide) groups is 1. The van der Waals surface area contributed by atoms with Gasteiger partial charge in [0.2, 0.25) is 0 Å². The van der Waals surface area contributed by atoms with Crippen molar-refractivity contribution in [2.45, 2.75) is 31.3 Å². The molecule has 0 atom stereocenters. The highest BCUT2D eigenvalue weighted by Gasteiger charge is 2.16. The molecule has 0 radical (unpaired) electrons. The van der Waals surface area contributed by atoms with E-state index in [1.807, 2.05) is 30.3 Å². The molecule has 1 heterocycles. The van der Waals surface area contributed by atoms with Gasteiger partial charge in [-0.05, 0) is 35.7 Å². The summed E-state index contributed by atoms with van der Waals surface area (Å²) in [7, 11) is 0. The van der Waals surface area contributed by atoms with E-state index in [1.54, 1.807) is 12.1 Å². The predicted octanol–water partition coefficient (Wildman–Crippen LogP) is 5.46. The maximum absolute atomic E-state index is 10.9. The zero-order valence-electron chi connectivity index (χ0n) is 15.0. The normalized spacial score (nSPS) is 11.1. The second-order valence-electron chi connectivity index (χ2n) is 6.53. The van der Waals surface area contributed by atoms with Crippen LogP contribution < -0.4 is 0 Å². The number of aromatic nitrogens is 3. The van der Waals surface area contributed by atoms with E-state index in [9.17, 15) is 10.1 Å². The molecule has 0 saturated heterocycles. The summed E-state index contributed by atoms with van der Waals surface area (Å²) in [6.45, 7) is 5.06. The molecule has 0 spiro atoms. The summed E-state index contributed by atoms with van der Waals surface area (Å²) in [5, 5.41) is 21.1. The van der Waals surface area contributed by atoms with Gasteiger partial charge in [0.1, 0.15) is 0 Å². The van der Waals surface area contributed by atoms with Crippen molar-refractivity contribution in [2.75, 3.05) is 0 Å². The van der Waals surface area contributed by atoms with Crippen LogP contribution in [0.25, 0.3) is 11.4 Å². The molecule has 6 nitrogen and oxygen atoms in total. The average molecular weight is 403 g/mol. The maximum Gasteiger partial charge on any atom is 0.269 e. The number of benzene rings is 2. The van der Waals surface area contributed by atoms with Crippen LogP contribution >= 0.6 is 23.4 Å². The Morgan fingerprint density at radius 2 is 1.93 bits per heavy atom. The Morgan fingerprint density at radius 1 is 1.19 bits per heavy atom. The van der Waals surface area contributed by atoms with E-state index in [0.29, 0.717) is 16.7 Å². The van der Waals surface area contributed by atoms with E-state index in [1.165, 1.54) is 17.8 Å². The molecule has 0 aliphatic rings. The van der Waals surface area contributed by atoms with Crippen molar-refractivity contribution in [1.82, 2.24) is 14.8 Å². The highest BCUT2D eigenvalue weighted by atomic mass is 35.5. The Balaban J connectivity index is 1.85. The number of hydrogen-bond donors (Lipinski definition) is 0. The van der Waals surface area contributed by atoms with Crippen LogP contribution in [-0.4, -0.2) is 19.7 Å². The van der Waals surface area contributed by atoms with E-state index in [0.717, 1.165) is 28.7 Å². The van der Waals surface area contributed by atoms with Crippen molar-refractivity contribution >= 4 is 29.1 Å². The Bertz CT molecular complexity index is 941. The van der Waals surface area contributed by atoms with Gasteiger partial charge in [-0.15, -0.1) is 10.2 Å². The van der Waals surface area contributed by atoms with Crippen molar-refractivity contribution in [3.63, 3.8) is 0 Å². The molecule has 0 amide bonds. The molecule has 0 bridgehead atoms. The van der Waals surface area contributed by atoms with Crippen LogP contribution in [0.4, 0.5) is 5.69 Å². The molecular weight excluding hydrogens is 384 g/mol. The lowest BCUT2D eigenvalue weighted by Crippen LogP contribution is -2.07. The number of nitro groups is 1. The summed E-state index contributed by atoms with van der Waals surface area (Å²) in [4.78, 5) is 10.6. The van der Waals surface area contributed by atoms with Gasteiger partial charge in [-0.25, -0.2) is 0 Å². The fraction of sp³-hybridized carbons (Fsp3) is 0.263. The Hall–Kier alpha value is -2.38. The molecule has 0 fully saturated rings. The summed E-state index contributed by atoms with van der Waals surface area (Å²) in [6.07, 6.45) is 0. The fourth-order valence-electron chi connectivity index (χ4n) is 2.65. The predicted molar refractivity (Wildman–Crippen MR) is 108 cm³/mol. The molecule has 140 valence electrons. The van der Waals surface area contributed by atoms with Crippen LogP contribution in [-0.2, 0) is 12.3 Å². The molecule has 0 aliphatic heterocycles. The summed E-state index contributed by atoms with van der Waals surface area (Å²) in [5.41, 5.74) is 1.93. The molecule has 3 aromatic rings. The minimum Gasteiger partial charge on any atom is -0.302 e. The summed E-state index contributed by atoms with van der Waals surface area (Å²) >= 11 is 7.51. The second kappa shape index (κ2) is 8.54. The first-order valence-corrected chi connectivity index (χ1v) is 9.85. The molecule has 1 aromatic heterocycles. The molecule has 0 N–H and O–H groups in total. The minimum atomic E-state index is -0.381. The summed E-state index contributed by atoms with van der Waals surface area (Å²) in [6, 6.07) is 14.2. The van der Waals surface area contributed by atoms with Crippen molar-refractivity contribution in [3.05, 3.63) is 69.2 Å². The first-order valence-electron chi connectivity index (χ1n) is 8.49. The fourth-order valence-corrected chi connectivity index (χ4v) is 3.66. The molecule has 3 rings (SSSR count). The quantitative estimate of drug-likeness (QED) is 0.298. The molecule has 2 aromatic carbocycles. The molecule has 27 heavy (non-hydrogen) atoms. The number of nitro benzene ring substituents is 1. The van der Waals surface area contributed by atoms with E-state index in [-0.39, 0.29) is 10.6 Å². The number of nitrogens with zero attached hydrogens (tertiary/aromatic N) is 4. The molecule has 0 saturated carbocycles. The highest BCUT2D eigenvalue weighted by Crippen LogP contribution is 2.28. The summed E-state index contributed by atoms with van der Waals surface area (Å²) in [5.74, 6) is 1.80. The third-order valence-electron chi connectivity index (χ3n) is 3.86. The van der Waals surface area contributed by atoms with Crippen LogP contribution in [0.2, 0.25) is 5.02 Å². The zero-order valence-corrected chi connectivity index (χ0v) is 16.6. The number of rotatable bonds is 7. The smallest absolute Gasteiger partial charge is 0.269 e. The van der Waals surface area contributed by atoms with Gasteiger partial charge in [0, 0.05) is 35.0 Å². The summed E-state index contributed by atoms with van der Waals surface area (Å²) < 4.78 is 2.09. The number of halogens is 1. The highest BCUT2D eigenvalue weighted by molar-refractivity contribution is 7.98. The maximum atomic E-state index is 10.9. The minimum absolute atomic E-state index is 0.0959. The zero-order chi connectivity index (χ0) is 19.4. The molecule has 0 unspecified atom stereocenters. The molecular formula is C19H19ClN4O2S. The lowest BCUT2D eigenvalue weighted by molar-refractivity contribution is -0.384. The third kappa shape index (κ3) is 4.87.